The third-order valence-corrected chi connectivity index (χ3v) is 3.88. The van der Waals surface area contributed by atoms with Gasteiger partial charge in [0.2, 0.25) is 0 Å². The van der Waals surface area contributed by atoms with Crippen molar-refractivity contribution in [2.45, 2.75) is 31.2 Å². The molecule has 0 amide bonds. The van der Waals surface area contributed by atoms with Gasteiger partial charge in [0, 0.05) is 10.9 Å². The lowest BCUT2D eigenvalue weighted by atomic mass is 10.0. The predicted molar refractivity (Wildman–Crippen MR) is 83.9 cm³/mol. The van der Waals surface area contributed by atoms with Crippen LogP contribution < -0.4 is 4.74 Å². The lowest BCUT2D eigenvalue weighted by molar-refractivity contribution is 0.242. The minimum absolute atomic E-state index is 0.0365. The van der Waals surface area contributed by atoms with E-state index in [4.69, 9.17) is 4.74 Å². The average Bonchev–Trinajstić information content (AvgIpc) is 2.42. The van der Waals surface area contributed by atoms with E-state index in [0.717, 1.165) is 17.4 Å². The lowest BCUT2D eigenvalue weighted by Gasteiger charge is -2.13. The predicted octanol–water partition coefficient (Wildman–Crippen LogP) is 5.43. The number of benzene rings is 2. The Labute approximate surface area is 132 Å². The molecule has 2 rings (SSSR count). The number of hydrogen-bond acceptors (Lipinski definition) is 1. The van der Waals surface area contributed by atoms with E-state index in [-0.39, 0.29) is 10.9 Å². The molecule has 0 aliphatic rings. The fraction of sp³-hybridized carbons (Fsp3) is 0.294. The third kappa shape index (κ3) is 4.53. The Hall–Kier alpha value is -1.42. The van der Waals surface area contributed by atoms with Gasteiger partial charge in [-0.2, -0.15) is 0 Å². The average molecular weight is 355 g/mol. The van der Waals surface area contributed by atoms with E-state index < -0.39 is 11.6 Å². The van der Waals surface area contributed by atoms with Crippen LogP contribution in [0.15, 0.2) is 42.5 Å². The van der Waals surface area contributed by atoms with Crippen LogP contribution in [0.25, 0.3) is 0 Å². The topological polar surface area (TPSA) is 9.23 Å². The molecule has 0 bridgehead atoms. The van der Waals surface area contributed by atoms with E-state index in [2.05, 4.69) is 15.9 Å². The molecule has 0 N–H and O–H groups in total. The fourth-order valence-corrected chi connectivity index (χ4v) is 2.68. The zero-order chi connectivity index (χ0) is 15.4. The molecule has 2 aromatic rings. The summed E-state index contributed by atoms with van der Waals surface area (Å²) in [6, 6.07) is 11.3. The largest absolute Gasteiger partial charge is 0.491 e. The molecule has 112 valence electrons. The SMILES string of the molecule is CC(C)Oc1ccc(C(Br)Cc2ccc(F)cc2F)cc1. The van der Waals surface area contributed by atoms with E-state index in [9.17, 15) is 8.78 Å². The standard InChI is InChI=1S/C17H17BrF2O/c1-11(2)21-15-7-4-12(5-8-15)16(18)9-13-3-6-14(19)10-17(13)20/h3-8,10-11,16H,9H2,1-2H3. The number of hydrogen-bond donors (Lipinski definition) is 0. The molecule has 1 atom stereocenters. The molecule has 4 heteroatoms. The fourth-order valence-electron chi connectivity index (χ4n) is 2.03. The number of ether oxygens (including phenoxy) is 1. The zero-order valence-corrected chi connectivity index (χ0v) is 13.5. The van der Waals surface area contributed by atoms with Crippen LogP contribution in [0.2, 0.25) is 0 Å². The van der Waals surface area contributed by atoms with E-state index in [1.807, 2.05) is 38.1 Å². The summed E-state index contributed by atoms with van der Waals surface area (Å²) in [5.74, 6) is -0.266. The number of alkyl halides is 1. The van der Waals surface area contributed by atoms with E-state index in [1.54, 1.807) is 0 Å². The molecule has 2 aromatic carbocycles. The highest BCUT2D eigenvalue weighted by Gasteiger charge is 2.12. The second kappa shape index (κ2) is 7.03. The molecule has 0 aliphatic heterocycles. The number of rotatable bonds is 5. The Morgan fingerprint density at radius 2 is 1.71 bits per heavy atom. The van der Waals surface area contributed by atoms with Crippen molar-refractivity contribution in [3.63, 3.8) is 0 Å². The van der Waals surface area contributed by atoms with Gasteiger partial charge in [-0.1, -0.05) is 34.1 Å². The first kappa shape index (κ1) is 16.0. The maximum atomic E-state index is 13.7. The summed E-state index contributed by atoms with van der Waals surface area (Å²) in [5.41, 5.74) is 1.51. The van der Waals surface area contributed by atoms with E-state index in [1.165, 1.54) is 12.1 Å². The van der Waals surface area contributed by atoms with Crippen LogP contribution in [-0.4, -0.2) is 6.10 Å². The first-order chi connectivity index (χ1) is 9.95. The first-order valence-corrected chi connectivity index (χ1v) is 7.72. The van der Waals surface area contributed by atoms with Gasteiger partial charge in [0.1, 0.15) is 17.4 Å². The van der Waals surface area contributed by atoms with Crippen molar-refractivity contribution in [1.29, 1.82) is 0 Å². The van der Waals surface area contributed by atoms with Crippen molar-refractivity contribution in [2.24, 2.45) is 0 Å². The summed E-state index contributed by atoms with van der Waals surface area (Å²) >= 11 is 3.55. The van der Waals surface area contributed by atoms with Gasteiger partial charge in [-0.15, -0.1) is 0 Å². The van der Waals surface area contributed by atoms with Gasteiger partial charge >= 0.3 is 0 Å². The Bertz CT molecular complexity index is 596. The summed E-state index contributed by atoms with van der Waals surface area (Å²) < 4.78 is 32.1. The monoisotopic (exact) mass is 354 g/mol. The maximum Gasteiger partial charge on any atom is 0.129 e. The Morgan fingerprint density at radius 1 is 1.05 bits per heavy atom. The molecule has 0 heterocycles. The van der Waals surface area contributed by atoms with Crippen LogP contribution in [0.4, 0.5) is 8.78 Å². The Morgan fingerprint density at radius 3 is 2.29 bits per heavy atom. The van der Waals surface area contributed by atoms with Crippen molar-refractivity contribution in [2.75, 3.05) is 0 Å². The minimum atomic E-state index is -0.558. The van der Waals surface area contributed by atoms with Crippen LogP contribution >= 0.6 is 15.9 Å². The summed E-state index contributed by atoms with van der Waals surface area (Å²) in [4.78, 5) is -0.0365. The summed E-state index contributed by atoms with van der Waals surface area (Å²) in [7, 11) is 0. The molecule has 0 saturated heterocycles. The summed E-state index contributed by atoms with van der Waals surface area (Å²) in [6.07, 6.45) is 0.583. The quantitative estimate of drug-likeness (QED) is 0.650. The molecular weight excluding hydrogens is 338 g/mol. The van der Waals surface area contributed by atoms with Crippen molar-refractivity contribution in [1.82, 2.24) is 0 Å². The zero-order valence-electron chi connectivity index (χ0n) is 11.9. The highest BCUT2D eigenvalue weighted by Crippen LogP contribution is 2.29. The molecule has 0 spiro atoms. The van der Waals surface area contributed by atoms with Crippen LogP contribution in [-0.2, 0) is 6.42 Å². The van der Waals surface area contributed by atoms with Crippen LogP contribution in [0.3, 0.4) is 0 Å². The van der Waals surface area contributed by atoms with Crippen LogP contribution in [0, 0.1) is 11.6 Å². The highest BCUT2D eigenvalue weighted by molar-refractivity contribution is 9.09. The Balaban J connectivity index is 2.07. The highest BCUT2D eigenvalue weighted by atomic mass is 79.9. The van der Waals surface area contributed by atoms with Gasteiger partial charge in [-0.05, 0) is 49.6 Å². The van der Waals surface area contributed by atoms with Gasteiger partial charge in [0.05, 0.1) is 6.10 Å². The summed E-state index contributed by atoms with van der Waals surface area (Å²) in [5, 5.41) is 0. The summed E-state index contributed by atoms with van der Waals surface area (Å²) in [6.45, 7) is 3.94. The molecule has 0 radical (unpaired) electrons. The van der Waals surface area contributed by atoms with Crippen molar-refractivity contribution in [3.05, 3.63) is 65.2 Å². The maximum absolute atomic E-state index is 13.7. The number of halogens is 3. The van der Waals surface area contributed by atoms with Crippen molar-refractivity contribution in [3.8, 4) is 5.75 Å². The second-order valence-corrected chi connectivity index (χ2v) is 6.25. The molecule has 0 saturated carbocycles. The van der Waals surface area contributed by atoms with Crippen LogP contribution in [0.1, 0.15) is 29.8 Å². The molecule has 0 aliphatic carbocycles. The molecule has 21 heavy (non-hydrogen) atoms. The molecule has 0 fully saturated rings. The minimum Gasteiger partial charge on any atom is -0.491 e. The van der Waals surface area contributed by atoms with E-state index >= 15 is 0 Å². The van der Waals surface area contributed by atoms with Crippen LogP contribution in [0.5, 0.6) is 5.75 Å². The Kier molecular flexibility index (Phi) is 5.34. The van der Waals surface area contributed by atoms with E-state index in [0.29, 0.717) is 12.0 Å². The van der Waals surface area contributed by atoms with Gasteiger partial charge in [0.25, 0.3) is 0 Å². The first-order valence-electron chi connectivity index (χ1n) is 6.80. The second-order valence-electron chi connectivity index (χ2n) is 5.14. The van der Waals surface area contributed by atoms with Gasteiger partial charge in [0.15, 0.2) is 0 Å². The van der Waals surface area contributed by atoms with Crippen molar-refractivity contribution >= 4 is 15.9 Å². The normalized spacial score (nSPS) is 12.5. The third-order valence-electron chi connectivity index (χ3n) is 3.03. The van der Waals surface area contributed by atoms with Gasteiger partial charge in [-0.25, -0.2) is 8.78 Å². The molecule has 1 unspecified atom stereocenters. The lowest BCUT2D eigenvalue weighted by Crippen LogP contribution is -2.05. The molecular formula is C17H17BrF2O. The van der Waals surface area contributed by atoms with Gasteiger partial charge < -0.3 is 4.74 Å². The smallest absolute Gasteiger partial charge is 0.129 e. The van der Waals surface area contributed by atoms with Gasteiger partial charge in [-0.3, -0.25) is 0 Å². The van der Waals surface area contributed by atoms with Crippen molar-refractivity contribution < 1.29 is 13.5 Å². The molecule has 1 nitrogen and oxygen atoms in total. The molecule has 0 aromatic heterocycles.